The summed E-state index contributed by atoms with van der Waals surface area (Å²) < 4.78 is 14.6. The van der Waals surface area contributed by atoms with Crippen LogP contribution in [0.1, 0.15) is 19.4 Å². The van der Waals surface area contributed by atoms with Gasteiger partial charge >= 0.3 is 0 Å². The van der Waals surface area contributed by atoms with E-state index >= 15 is 0 Å². The lowest BCUT2D eigenvalue weighted by Gasteiger charge is -2.37. The lowest BCUT2D eigenvalue weighted by atomic mass is 10.1. The number of para-hydroxylation sites is 1. The maximum Gasteiger partial charge on any atom is 0.261 e. The molecule has 1 atom stereocenters. The number of amides is 1. The zero-order valence-electron chi connectivity index (χ0n) is 16.3. The normalized spacial score (nSPS) is 15.5. The molecule has 1 fully saturated rings. The molecule has 0 saturated carbocycles. The molecule has 1 saturated heterocycles. The van der Waals surface area contributed by atoms with Crippen LogP contribution in [-0.4, -0.2) is 46.5 Å². The summed E-state index contributed by atoms with van der Waals surface area (Å²) in [7, 11) is 0. The third-order valence-electron chi connectivity index (χ3n) is 5.48. The van der Waals surface area contributed by atoms with E-state index in [9.17, 15) is 14.0 Å². The van der Waals surface area contributed by atoms with Crippen LogP contribution in [0.3, 0.4) is 0 Å². The molecule has 1 unspecified atom stereocenters. The highest BCUT2D eigenvalue weighted by Gasteiger charge is 2.28. The number of carbonyl (C=O) groups excluding carboxylic acids is 1. The average molecular weight is 394 g/mol. The van der Waals surface area contributed by atoms with Crippen LogP contribution in [0.2, 0.25) is 0 Å². The number of piperazine rings is 1. The molecule has 29 heavy (non-hydrogen) atoms. The molecule has 0 spiro atoms. The van der Waals surface area contributed by atoms with Crippen LogP contribution in [0.5, 0.6) is 0 Å². The predicted octanol–water partition coefficient (Wildman–Crippen LogP) is 2.84. The Hall–Kier alpha value is -3.22. The molecule has 4 rings (SSSR count). The fourth-order valence-electron chi connectivity index (χ4n) is 3.84. The Morgan fingerprint density at radius 2 is 1.76 bits per heavy atom. The smallest absolute Gasteiger partial charge is 0.261 e. The molecule has 0 aliphatic carbocycles. The minimum absolute atomic E-state index is 0.0644. The summed E-state index contributed by atoms with van der Waals surface area (Å²) >= 11 is 0. The Kier molecular flexibility index (Phi) is 5.29. The van der Waals surface area contributed by atoms with Gasteiger partial charge in [0.05, 0.1) is 17.2 Å². The molecular weight excluding hydrogens is 371 g/mol. The van der Waals surface area contributed by atoms with E-state index in [-0.39, 0.29) is 17.3 Å². The topological polar surface area (TPSA) is 58.4 Å². The van der Waals surface area contributed by atoms with Crippen LogP contribution in [0.4, 0.5) is 10.1 Å². The molecule has 7 heteroatoms. The molecule has 1 amide bonds. The van der Waals surface area contributed by atoms with Crippen molar-refractivity contribution in [3.63, 3.8) is 0 Å². The standard InChI is InChI=1S/C22H23FN4O2/c1-2-20(27-15-24-19-6-4-3-5-18(19)21(27)28)22(29)26-13-11-25(12-14-26)17-9-7-16(23)8-10-17/h3-10,15,20H,2,11-14H2,1H3. The molecular formula is C22H23FN4O2. The monoisotopic (exact) mass is 394 g/mol. The van der Waals surface area contributed by atoms with Gasteiger partial charge in [0.25, 0.3) is 5.56 Å². The number of rotatable bonds is 4. The quantitative estimate of drug-likeness (QED) is 0.683. The lowest BCUT2D eigenvalue weighted by molar-refractivity contribution is -0.135. The first-order valence-electron chi connectivity index (χ1n) is 9.83. The number of hydrogen-bond acceptors (Lipinski definition) is 4. The lowest BCUT2D eigenvalue weighted by Crippen LogP contribution is -2.51. The first kappa shape index (κ1) is 19.1. The maximum absolute atomic E-state index is 13.2. The summed E-state index contributed by atoms with van der Waals surface area (Å²) in [6.07, 6.45) is 1.99. The van der Waals surface area contributed by atoms with Crippen molar-refractivity contribution in [3.8, 4) is 0 Å². The molecule has 0 N–H and O–H groups in total. The minimum Gasteiger partial charge on any atom is -0.368 e. The zero-order valence-corrected chi connectivity index (χ0v) is 16.3. The largest absolute Gasteiger partial charge is 0.368 e. The molecule has 2 aromatic carbocycles. The van der Waals surface area contributed by atoms with Gasteiger partial charge in [0, 0.05) is 31.9 Å². The number of anilines is 1. The molecule has 0 bridgehead atoms. The van der Waals surface area contributed by atoms with Gasteiger partial charge in [-0.25, -0.2) is 9.37 Å². The van der Waals surface area contributed by atoms with Gasteiger partial charge in [-0.3, -0.25) is 14.2 Å². The Labute approximate surface area is 168 Å². The number of halogens is 1. The number of hydrogen-bond donors (Lipinski definition) is 0. The summed E-state index contributed by atoms with van der Waals surface area (Å²) in [5.74, 6) is -0.326. The van der Waals surface area contributed by atoms with Crippen LogP contribution < -0.4 is 10.5 Å². The van der Waals surface area contributed by atoms with Crippen LogP contribution >= 0.6 is 0 Å². The summed E-state index contributed by atoms with van der Waals surface area (Å²) in [6.45, 7) is 4.35. The summed E-state index contributed by atoms with van der Waals surface area (Å²) in [4.78, 5) is 34.4. The van der Waals surface area contributed by atoms with Gasteiger partial charge in [-0.15, -0.1) is 0 Å². The highest BCUT2D eigenvalue weighted by Crippen LogP contribution is 2.20. The number of nitrogens with zero attached hydrogens (tertiary/aromatic N) is 4. The third-order valence-corrected chi connectivity index (χ3v) is 5.48. The molecule has 2 heterocycles. The number of carbonyl (C=O) groups is 1. The van der Waals surface area contributed by atoms with E-state index in [1.54, 1.807) is 35.2 Å². The van der Waals surface area contributed by atoms with Gasteiger partial charge in [-0.2, -0.15) is 0 Å². The molecule has 6 nitrogen and oxygen atoms in total. The zero-order chi connectivity index (χ0) is 20.4. The maximum atomic E-state index is 13.2. The fraction of sp³-hybridized carbons (Fsp3) is 0.318. The predicted molar refractivity (Wildman–Crippen MR) is 111 cm³/mol. The van der Waals surface area contributed by atoms with E-state index in [1.165, 1.54) is 23.0 Å². The Morgan fingerprint density at radius 1 is 1.07 bits per heavy atom. The van der Waals surface area contributed by atoms with Gasteiger partial charge in [0.2, 0.25) is 5.91 Å². The summed E-state index contributed by atoms with van der Waals surface area (Å²) in [6, 6.07) is 13.0. The van der Waals surface area contributed by atoms with Gasteiger partial charge in [0.15, 0.2) is 0 Å². The van der Waals surface area contributed by atoms with E-state index in [0.29, 0.717) is 43.5 Å². The second kappa shape index (κ2) is 8.03. The first-order chi connectivity index (χ1) is 14.1. The van der Waals surface area contributed by atoms with Crippen molar-refractivity contribution in [1.82, 2.24) is 14.5 Å². The number of aromatic nitrogens is 2. The second-order valence-corrected chi connectivity index (χ2v) is 7.19. The van der Waals surface area contributed by atoms with Gasteiger partial charge in [-0.1, -0.05) is 19.1 Å². The van der Waals surface area contributed by atoms with Crippen molar-refractivity contribution in [2.75, 3.05) is 31.1 Å². The Balaban J connectivity index is 1.51. The van der Waals surface area contributed by atoms with Crippen molar-refractivity contribution in [2.24, 2.45) is 0 Å². The summed E-state index contributed by atoms with van der Waals surface area (Å²) in [5.41, 5.74) is 1.38. The average Bonchev–Trinajstić information content (AvgIpc) is 2.76. The molecule has 0 radical (unpaired) electrons. The van der Waals surface area contributed by atoms with E-state index in [2.05, 4.69) is 9.88 Å². The number of benzene rings is 2. The summed E-state index contributed by atoms with van der Waals surface area (Å²) in [5, 5.41) is 0.516. The molecule has 3 aromatic rings. The van der Waals surface area contributed by atoms with E-state index in [4.69, 9.17) is 0 Å². The Bertz CT molecular complexity index is 1070. The van der Waals surface area contributed by atoms with Crippen molar-refractivity contribution >= 4 is 22.5 Å². The van der Waals surface area contributed by atoms with Crippen LogP contribution in [0.15, 0.2) is 59.7 Å². The van der Waals surface area contributed by atoms with Crippen molar-refractivity contribution < 1.29 is 9.18 Å². The number of fused-ring (bicyclic) bond motifs is 1. The first-order valence-corrected chi connectivity index (χ1v) is 9.83. The van der Waals surface area contributed by atoms with E-state index in [1.807, 2.05) is 13.0 Å². The van der Waals surface area contributed by atoms with Gasteiger partial charge in [0.1, 0.15) is 11.9 Å². The van der Waals surface area contributed by atoms with E-state index in [0.717, 1.165) is 5.69 Å². The minimum atomic E-state index is -0.572. The van der Waals surface area contributed by atoms with E-state index < -0.39 is 6.04 Å². The van der Waals surface area contributed by atoms with Crippen molar-refractivity contribution in [2.45, 2.75) is 19.4 Å². The SMILES string of the molecule is CCC(C(=O)N1CCN(c2ccc(F)cc2)CC1)n1cnc2ccccc2c1=O. The van der Waals surface area contributed by atoms with Gasteiger partial charge < -0.3 is 9.80 Å². The van der Waals surface area contributed by atoms with Crippen molar-refractivity contribution in [1.29, 1.82) is 0 Å². The van der Waals surface area contributed by atoms with Crippen LogP contribution in [0.25, 0.3) is 10.9 Å². The molecule has 150 valence electrons. The highest BCUT2D eigenvalue weighted by molar-refractivity contribution is 5.82. The Morgan fingerprint density at radius 3 is 2.45 bits per heavy atom. The third kappa shape index (κ3) is 3.72. The molecule has 1 aliphatic heterocycles. The highest BCUT2D eigenvalue weighted by atomic mass is 19.1. The second-order valence-electron chi connectivity index (χ2n) is 7.19. The van der Waals surface area contributed by atoms with Crippen molar-refractivity contribution in [3.05, 3.63) is 71.0 Å². The van der Waals surface area contributed by atoms with Crippen LogP contribution in [0, 0.1) is 5.82 Å². The fourth-order valence-corrected chi connectivity index (χ4v) is 3.84. The van der Waals surface area contributed by atoms with Gasteiger partial charge in [-0.05, 0) is 42.8 Å². The molecule has 1 aliphatic rings. The molecule has 1 aromatic heterocycles. The van der Waals surface area contributed by atoms with Crippen LogP contribution in [-0.2, 0) is 4.79 Å².